The molecule has 0 saturated carbocycles. The third-order valence-electron chi connectivity index (χ3n) is 2.02. The summed E-state index contributed by atoms with van der Waals surface area (Å²) in [5.74, 6) is 0. The lowest BCUT2D eigenvalue weighted by molar-refractivity contribution is -0.385. The van der Waals surface area contributed by atoms with Crippen molar-refractivity contribution in [2.75, 3.05) is 0 Å². The number of hydrogen-bond acceptors (Lipinski definition) is 3. The Labute approximate surface area is 75.6 Å². The van der Waals surface area contributed by atoms with Crippen LogP contribution in [0.1, 0.15) is 16.7 Å². The molecule has 1 aromatic carbocycles. The summed E-state index contributed by atoms with van der Waals surface area (Å²) in [5, 5.41) is 19.2. The van der Waals surface area contributed by atoms with E-state index >= 15 is 0 Å². The van der Waals surface area contributed by atoms with Crippen LogP contribution in [0.25, 0.3) is 0 Å². The van der Waals surface area contributed by atoms with E-state index in [1.807, 2.05) is 13.0 Å². The minimum Gasteiger partial charge on any atom is -0.258 e. The van der Waals surface area contributed by atoms with Gasteiger partial charge in [0.15, 0.2) is 0 Å². The molecule has 4 nitrogen and oxygen atoms in total. The molecule has 4 heteroatoms. The first-order valence-electron chi connectivity index (χ1n) is 3.72. The van der Waals surface area contributed by atoms with Gasteiger partial charge in [0.1, 0.15) is 11.6 Å². The lowest BCUT2D eigenvalue weighted by Gasteiger charge is -2.01. The normalized spacial score (nSPS) is 9.31. The molecule has 1 rings (SSSR count). The molecule has 0 saturated heterocycles. The molecule has 0 fully saturated rings. The molecule has 0 aliphatic rings. The second kappa shape index (κ2) is 3.23. The van der Waals surface area contributed by atoms with Gasteiger partial charge in [-0.05, 0) is 25.0 Å². The zero-order valence-electron chi connectivity index (χ0n) is 7.37. The Morgan fingerprint density at radius 1 is 1.46 bits per heavy atom. The van der Waals surface area contributed by atoms with Gasteiger partial charge in [0, 0.05) is 6.07 Å². The fraction of sp³-hybridized carbons (Fsp3) is 0.222. The monoisotopic (exact) mass is 176 g/mol. The number of aryl methyl sites for hydroxylation is 1. The van der Waals surface area contributed by atoms with Crippen LogP contribution >= 0.6 is 0 Å². The lowest BCUT2D eigenvalue weighted by atomic mass is 10.0. The molecule has 0 amide bonds. The van der Waals surface area contributed by atoms with Crippen molar-refractivity contribution in [1.82, 2.24) is 0 Å². The largest absolute Gasteiger partial charge is 0.287 e. The quantitative estimate of drug-likeness (QED) is 0.486. The summed E-state index contributed by atoms with van der Waals surface area (Å²) in [5.41, 5.74) is 1.61. The van der Waals surface area contributed by atoms with E-state index in [1.165, 1.54) is 6.07 Å². The maximum Gasteiger partial charge on any atom is 0.287 e. The zero-order chi connectivity index (χ0) is 10.0. The summed E-state index contributed by atoms with van der Waals surface area (Å²) >= 11 is 0. The average Bonchev–Trinajstić information content (AvgIpc) is 2.09. The molecule has 0 atom stereocenters. The molecular formula is C9H8N2O2. The minimum absolute atomic E-state index is 0.120. The number of nitro groups is 1. The number of nitro benzene ring substituents is 1. The highest BCUT2D eigenvalue weighted by molar-refractivity contribution is 5.55. The summed E-state index contributed by atoms with van der Waals surface area (Å²) in [6.45, 7) is 3.53. The molecule has 0 radical (unpaired) electrons. The Bertz CT molecular complexity index is 405. The summed E-state index contributed by atoms with van der Waals surface area (Å²) < 4.78 is 0. The molecule has 1 aromatic rings. The fourth-order valence-electron chi connectivity index (χ4n) is 1.09. The molecule has 0 aliphatic carbocycles. The summed E-state index contributed by atoms with van der Waals surface area (Å²) in [4.78, 5) is 9.96. The molecule has 0 unspecified atom stereocenters. The summed E-state index contributed by atoms with van der Waals surface area (Å²) in [6.07, 6.45) is 0. The van der Waals surface area contributed by atoms with Crippen LogP contribution < -0.4 is 0 Å². The minimum atomic E-state index is -0.537. The third-order valence-corrected chi connectivity index (χ3v) is 2.02. The molecule has 0 spiro atoms. The predicted molar refractivity (Wildman–Crippen MR) is 47.3 cm³/mol. The van der Waals surface area contributed by atoms with Crippen molar-refractivity contribution in [3.05, 3.63) is 38.9 Å². The highest BCUT2D eigenvalue weighted by Gasteiger charge is 2.16. The number of rotatable bonds is 1. The second-order valence-electron chi connectivity index (χ2n) is 2.77. The van der Waals surface area contributed by atoms with Gasteiger partial charge in [-0.15, -0.1) is 0 Å². The molecule has 66 valence electrons. The zero-order valence-corrected chi connectivity index (χ0v) is 7.37. The highest BCUT2D eigenvalue weighted by atomic mass is 16.6. The van der Waals surface area contributed by atoms with Crippen molar-refractivity contribution < 1.29 is 4.92 Å². The van der Waals surface area contributed by atoms with Gasteiger partial charge >= 0.3 is 0 Å². The Morgan fingerprint density at radius 2 is 2.08 bits per heavy atom. The van der Waals surface area contributed by atoms with Gasteiger partial charge in [0.05, 0.1) is 4.92 Å². The topological polar surface area (TPSA) is 66.9 Å². The Balaban J connectivity index is 3.50. The maximum atomic E-state index is 10.5. The van der Waals surface area contributed by atoms with E-state index in [9.17, 15) is 10.1 Å². The van der Waals surface area contributed by atoms with Gasteiger partial charge in [-0.25, -0.2) is 0 Å². The van der Waals surface area contributed by atoms with Crippen LogP contribution in [-0.4, -0.2) is 4.92 Å². The van der Waals surface area contributed by atoms with Gasteiger partial charge in [-0.1, -0.05) is 6.07 Å². The summed E-state index contributed by atoms with van der Waals surface area (Å²) in [6, 6.07) is 4.85. The molecule has 13 heavy (non-hydrogen) atoms. The van der Waals surface area contributed by atoms with Gasteiger partial charge in [0.25, 0.3) is 5.69 Å². The Kier molecular flexibility index (Phi) is 2.29. The van der Waals surface area contributed by atoms with E-state index in [4.69, 9.17) is 5.26 Å². The molecule has 0 N–H and O–H groups in total. The van der Waals surface area contributed by atoms with Gasteiger partial charge in [0.2, 0.25) is 0 Å². The van der Waals surface area contributed by atoms with Crippen molar-refractivity contribution in [3.63, 3.8) is 0 Å². The van der Waals surface area contributed by atoms with Crippen molar-refractivity contribution >= 4 is 5.69 Å². The van der Waals surface area contributed by atoms with Crippen LogP contribution in [0.4, 0.5) is 5.69 Å². The van der Waals surface area contributed by atoms with Crippen LogP contribution in [0, 0.1) is 35.3 Å². The van der Waals surface area contributed by atoms with Crippen LogP contribution in [0.3, 0.4) is 0 Å². The predicted octanol–water partition coefficient (Wildman–Crippen LogP) is 2.08. The summed E-state index contributed by atoms with van der Waals surface area (Å²) in [7, 11) is 0. The number of nitrogens with zero attached hydrogens (tertiary/aromatic N) is 2. The van der Waals surface area contributed by atoms with Crippen molar-refractivity contribution in [2.45, 2.75) is 13.8 Å². The number of nitriles is 1. The van der Waals surface area contributed by atoms with E-state index in [1.54, 1.807) is 13.0 Å². The van der Waals surface area contributed by atoms with E-state index in [2.05, 4.69) is 0 Å². The van der Waals surface area contributed by atoms with E-state index in [0.717, 1.165) is 5.56 Å². The SMILES string of the molecule is Cc1ccc([N+](=O)[O-])c(C#N)c1C. The Hall–Kier alpha value is -1.89. The second-order valence-corrected chi connectivity index (χ2v) is 2.77. The first-order chi connectivity index (χ1) is 6.07. The van der Waals surface area contributed by atoms with Crippen molar-refractivity contribution in [2.24, 2.45) is 0 Å². The standard InChI is InChI=1S/C9H8N2O2/c1-6-3-4-9(11(12)13)8(5-10)7(6)2/h3-4H,1-2H3. The lowest BCUT2D eigenvalue weighted by Crippen LogP contribution is -1.96. The first kappa shape index (κ1) is 9.20. The average molecular weight is 176 g/mol. The van der Waals surface area contributed by atoms with Gasteiger partial charge < -0.3 is 0 Å². The van der Waals surface area contributed by atoms with Crippen LogP contribution in [0.2, 0.25) is 0 Å². The number of benzene rings is 1. The first-order valence-corrected chi connectivity index (χ1v) is 3.72. The Morgan fingerprint density at radius 3 is 2.54 bits per heavy atom. The van der Waals surface area contributed by atoms with Crippen LogP contribution in [-0.2, 0) is 0 Å². The number of hydrogen-bond donors (Lipinski definition) is 0. The van der Waals surface area contributed by atoms with Gasteiger partial charge in [-0.3, -0.25) is 10.1 Å². The van der Waals surface area contributed by atoms with Crippen molar-refractivity contribution in [3.8, 4) is 6.07 Å². The smallest absolute Gasteiger partial charge is 0.258 e. The molecule has 0 bridgehead atoms. The van der Waals surface area contributed by atoms with Crippen molar-refractivity contribution in [1.29, 1.82) is 5.26 Å². The van der Waals surface area contributed by atoms with Gasteiger partial charge in [-0.2, -0.15) is 5.26 Å². The maximum absolute atomic E-state index is 10.5. The van der Waals surface area contributed by atoms with Crippen LogP contribution in [0.5, 0.6) is 0 Å². The third kappa shape index (κ3) is 1.49. The van der Waals surface area contributed by atoms with Crippen LogP contribution in [0.15, 0.2) is 12.1 Å². The van der Waals surface area contributed by atoms with E-state index < -0.39 is 4.92 Å². The fourth-order valence-corrected chi connectivity index (χ4v) is 1.09. The highest BCUT2D eigenvalue weighted by Crippen LogP contribution is 2.23. The molecule has 0 heterocycles. The van der Waals surface area contributed by atoms with E-state index in [0.29, 0.717) is 5.56 Å². The molecule has 0 aromatic heterocycles. The van der Waals surface area contributed by atoms with E-state index in [-0.39, 0.29) is 11.3 Å². The molecular weight excluding hydrogens is 168 g/mol. The molecule has 0 aliphatic heterocycles.